The Labute approximate surface area is 93.8 Å². The largest absolute Gasteiger partial charge is 0.303 e. The molecule has 0 heterocycles. The predicted molar refractivity (Wildman–Crippen MR) is 64.9 cm³/mol. The summed E-state index contributed by atoms with van der Waals surface area (Å²) in [7, 11) is 0. The van der Waals surface area contributed by atoms with Gasteiger partial charge in [-0.05, 0) is 18.9 Å². The lowest BCUT2D eigenvalue weighted by atomic mass is 10.2. The fourth-order valence-electron chi connectivity index (χ4n) is 0.973. The van der Waals surface area contributed by atoms with Gasteiger partial charge in [-0.1, -0.05) is 45.6 Å². The van der Waals surface area contributed by atoms with E-state index in [9.17, 15) is 9.59 Å². The van der Waals surface area contributed by atoms with E-state index < -0.39 is 0 Å². The Morgan fingerprint density at radius 3 is 2.07 bits per heavy atom. The third-order valence-electron chi connectivity index (χ3n) is 1.85. The first-order chi connectivity index (χ1) is 7.33. The molecule has 0 unspecified atom stereocenters. The van der Waals surface area contributed by atoms with Crippen LogP contribution in [0, 0.1) is 0 Å². The molecule has 0 radical (unpaired) electrons. The Bertz CT molecular complexity index is 151. The molecular weight excluding hydrogens is 188 g/mol. The Kier molecular flexibility index (Phi) is 20.7. The van der Waals surface area contributed by atoms with E-state index in [-0.39, 0.29) is 0 Å². The smallest absolute Gasteiger partial charge is 0.142 e. The third kappa shape index (κ3) is 24.6. The maximum atomic E-state index is 9.77. The number of rotatable bonds is 8. The maximum Gasteiger partial charge on any atom is 0.142 e. The zero-order chi connectivity index (χ0) is 11.8. The van der Waals surface area contributed by atoms with Crippen molar-refractivity contribution in [2.24, 2.45) is 0 Å². The number of hydrogen-bond acceptors (Lipinski definition) is 2. The molecular formula is C13H24O2. The van der Waals surface area contributed by atoms with Gasteiger partial charge in [0.05, 0.1) is 0 Å². The standard InChI is InChI=1S/C7H14O.C6H10O/c1-2-3-4-5-6-7-8;1-2-3-4-5-6-7/h7H,2-6H2,1H3;4-6H,2-3H2,1H3/b;5-4+. The van der Waals surface area contributed by atoms with Crippen molar-refractivity contribution in [3.05, 3.63) is 12.2 Å². The van der Waals surface area contributed by atoms with Gasteiger partial charge in [-0.25, -0.2) is 0 Å². The van der Waals surface area contributed by atoms with Crippen molar-refractivity contribution in [3.8, 4) is 0 Å². The summed E-state index contributed by atoms with van der Waals surface area (Å²) >= 11 is 0. The molecule has 0 aromatic rings. The maximum absolute atomic E-state index is 9.77. The lowest BCUT2D eigenvalue weighted by Gasteiger charge is -1.90. The fourth-order valence-corrected chi connectivity index (χ4v) is 0.973. The van der Waals surface area contributed by atoms with Crippen molar-refractivity contribution in [2.45, 2.75) is 58.8 Å². The Morgan fingerprint density at radius 1 is 0.867 bits per heavy atom. The van der Waals surface area contributed by atoms with E-state index in [2.05, 4.69) is 13.8 Å². The second-order valence-electron chi connectivity index (χ2n) is 3.37. The molecule has 0 rings (SSSR count). The SMILES string of the molecule is CCC/C=C/C=O.CCCCCCC=O. The zero-order valence-corrected chi connectivity index (χ0v) is 10.1. The molecule has 2 heteroatoms. The highest BCUT2D eigenvalue weighted by molar-refractivity contribution is 5.64. The van der Waals surface area contributed by atoms with Crippen molar-refractivity contribution < 1.29 is 9.59 Å². The highest BCUT2D eigenvalue weighted by Crippen LogP contribution is 1.99. The summed E-state index contributed by atoms with van der Waals surface area (Å²) in [4.78, 5) is 19.4. The van der Waals surface area contributed by atoms with Crippen LogP contribution in [0.15, 0.2) is 12.2 Å². The van der Waals surface area contributed by atoms with Crippen molar-refractivity contribution in [3.63, 3.8) is 0 Å². The van der Waals surface area contributed by atoms with E-state index in [4.69, 9.17) is 0 Å². The van der Waals surface area contributed by atoms with E-state index >= 15 is 0 Å². The summed E-state index contributed by atoms with van der Waals surface area (Å²) in [5.74, 6) is 0. The van der Waals surface area contributed by atoms with E-state index in [1.165, 1.54) is 25.3 Å². The highest BCUT2D eigenvalue weighted by atomic mass is 16.1. The van der Waals surface area contributed by atoms with Crippen LogP contribution in [0.2, 0.25) is 0 Å². The quantitative estimate of drug-likeness (QED) is 0.349. The molecule has 0 fully saturated rings. The molecule has 0 bridgehead atoms. The summed E-state index contributed by atoms with van der Waals surface area (Å²) in [6.07, 6.45) is 12.9. The summed E-state index contributed by atoms with van der Waals surface area (Å²) in [6.45, 7) is 4.25. The van der Waals surface area contributed by atoms with Gasteiger partial charge in [0.2, 0.25) is 0 Å². The zero-order valence-electron chi connectivity index (χ0n) is 10.1. The molecule has 0 saturated carbocycles. The molecule has 2 nitrogen and oxygen atoms in total. The number of aldehydes is 2. The van der Waals surface area contributed by atoms with Crippen LogP contribution in [0.3, 0.4) is 0 Å². The predicted octanol–water partition coefficient (Wildman–Crippen LogP) is 3.70. The van der Waals surface area contributed by atoms with Crippen LogP contribution in [-0.2, 0) is 9.59 Å². The average molecular weight is 212 g/mol. The first kappa shape index (κ1) is 16.5. The summed E-state index contributed by atoms with van der Waals surface area (Å²) in [5, 5.41) is 0. The molecule has 0 atom stereocenters. The summed E-state index contributed by atoms with van der Waals surface area (Å²) in [5.41, 5.74) is 0. The van der Waals surface area contributed by atoms with Gasteiger partial charge in [-0.3, -0.25) is 4.79 Å². The van der Waals surface area contributed by atoms with Crippen LogP contribution >= 0.6 is 0 Å². The molecule has 0 saturated heterocycles. The lowest BCUT2D eigenvalue weighted by molar-refractivity contribution is -0.108. The van der Waals surface area contributed by atoms with Crippen LogP contribution in [0.4, 0.5) is 0 Å². The van der Waals surface area contributed by atoms with E-state index in [0.29, 0.717) is 0 Å². The van der Waals surface area contributed by atoms with Crippen LogP contribution < -0.4 is 0 Å². The second kappa shape index (κ2) is 18.8. The molecule has 0 aliphatic rings. The second-order valence-corrected chi connectivity index (χ2v) is 3.37. The van der Waals surface area contributed by atoms with Gasteiger partial charge in [-0.2, -0.15) is 0 Å². The van der Waals surface area contributed by atoms with Gasteiger partial charge in [0, 0.05) is 6.42 Å². The third-order valence-corrected chi connectivity index (χ3v) is 1.85. The fraction of sp³-hybridized carbons (Fsp3) is 0.692. The molecule has 15 heavy (non-hydrogen) atoms. The summed E-state index contributed by atoms with van der Waals surface area (Å²) < 4.78 is 0. The van der Waals surface area contributed by atoms with E-state index in [0.717, 1.165) is 38.3 Å². The molecule has 0 spiro atoms. The number of allylic oxidation sites excluding steroid dienone is 2. The van der Waals surface area contributed by atoms with Crippen LogP contribution in [0.5, 0.6) is 0 Å². The topological polar surface area (TPSA) is 34.1 Å². The molecule has 0 aliphatic heterocycles. The average Bonchev–Trinajstić information content (AvgIpc) is 2.26. The van der Waals surface area contributed by atoms with Crippen molar-refractivity contribution in [1.82, 2.24) is 0 Å². The van der Waals surface area contributed by atoms with Gasteiger partial charge in [0.25, 0.3) is 0 Å². The van der Waals surface area contributed by atoms with Gasteiger partial charge < -0.3 is 4.79 Å². The first-order valence-corrected chi connectivity index (χ1v) is 5.87. The Hall–Kier alpha value is -0.920. The normalized spacial score (nSPS) is 9.47. The molecule has 0 aromatic carbocycles. The number of hydrogen-bond donors (Lipinski definition) is 0. The Morgan fingerprint density at radius 2 is 1.60 bits per heavy atom. The van der Waals surface area contributed by atoms with Crippen molar-refractivity contribution in [1.29, 1.82) is 0 Å². The molecule has 0 N–H and O–H groups in total. The minimum atomic E-state index is 0.750. The van der Waals surface area contributed by atoms with Gasteiger partial charge in [0.15, 0.2) is 0 Å². The van der Waals surface area contributed by atoms with Gasteiger partial charge in [0.1, 0.15) is 12.6 Å². The first-order valence-electron chi connectivity index (χ1n) is 5.87. The van der Waals surface area contributed by atoms with Crippen LogP contribution in [0.1, 0.15) is 58.8 Å². The number of unbranched alkanes of at least 4 members (excludes halogenated alkanes) is 5. The summed E-state index contributed by atoms with van der Waals surface area (Å²) in [6, 6.07) is 0. The van der Waals surface area contributed by atoms with Crippen molar-refractivity contribution in [2.75, 3.05) is 0 Å². The van der Waals surface area contributed by atoms with E-state index in [1.807, 2.05) is 6.08 Å². The number of carbonyl (C=O) groups excluding carboxylic acids is 2. The molecule has 0 aromatic heterocycles. The highest BCUT2D eigenvalue weighted by Gasteiger charge is 1.83. The molecule has 88 valence electrons. The number of carbonyl (C=O) groups is 2. The minimum Gasteiger partial charge on any atom is -0.303 e. The monoisotopic (exact) mass is 212 g/mol. The lowest BCUT2D eigenvalue weighted by Crippen LogP contribution is -1.76. The van der Waals surface area contributed by atoms with Crippen LogP contribution in [-0.4, -0.2) is 12.6 Å². The van der Waals surface area contributed by atoms with Crippen LogP contribution in [0.25, 0.3) is 0 Å². The van der Waals surface area contributed by atoms with Gasteiger partial charge >= 0.3 is 0 Å². The minimum absolute atomic E-state index is 0.750. The van der Waals surface area contributed by atoms with Crippen molar-refractivity contribution >= 4 is 12.6 Å². The van der Waals surface area contributed by atoms with Gasteiger partial charge in [-0.15, -0.1) is 0 Å². The Balaban J connectivity index is 0. The molecule has 0 amide bonds. The molecule has 0 aliphatic carbocycles. The van der Waals surface area contributed by atoms with E-state index in [1.54, 1.807) is 0 Å².